The van der Waals surface area contributed by atoms with E-state index in [0.29, 0.717) is 0 Å². The molecular formula is C12H16ClN3O. The predicted molar refractivity (Wildman–Crippen MR) is 69.4 cm³/mol. The molecule has 1 saturated heterocycles. The molecule has 0 aliphatic carbocycles. The highest BCUT2D eigenvalue weighted by Crippen LogP contribution is 2.21. The molecule has 0 spiro atoms. The summed E-state index contributed by atoms with van der Waals surface area (Å²) in [6, 6.07) is 7.43. The normalized spacial score (nSPS) is 20.1. The number of nitrogens with zero attached hydrogens (tertiary/aromatic N) is 1. The maximum atomic E-state index is 10.8. The molecule has 3 N–H and O–H groups in total. The van der Waals surface area contributed by atoms with Crippen LogP contribution in [0.3, 0.4) is 0 Å². The molecule has 1 aliphatic rings. The second-order valence-corrected chi connectivity index (χ2v) is 4.71. The second-order valence-electron chi connectivity index (χ2n) is 4.27. The molecule has 0 aromatic heterocycles. The summed E-state index contributed by atoms with van der Waals surface area (Å²) in [6.07, 6.45) is 2.03. The quantitative estimate of drug-likeness (QED) is 0.847. The zero-order valence-corrected chi connectivity index (χ0v) is 10.3. The van der Waals surface area contributed by atoms with Crippen molar-refractivity contribution in [2.45, 2.75) is 18.9 Å². The van der Waals surface area contributed by atoms with Gasteiger partial charge < -0.3 is 16.0 Å². The molecular weight excluding hydrogens is 238 g/mol. The van der Waals surface area contributed by atoms with E-state index in [4.69, 9.17) is 17.3 Å². The number of nitrogens with two attached hydrogens (primary N) is 1. The van der Waals surface area contributed by atoms with Crippen molar-refractivity contribution < 1.29 is 4.79 Å². The number of benzene rings is 1. The topological polar surface area (TPSA) is 58.4 Å². The Morgan fingerprint density at radius 3 is 2.76 bits per heavy atom. The summed E-state index contributed by atoms with van der Waals surface area (Å²) in [6.45, 7) is 1.79. The fourth-order valence-electron chi connectivity index (χ4n) is 2.18. The van der Waals surface area contributed by atoms with E-state index in [9.17, 15) is 4.79 Å². The first-order chi connectivity index (χ1) is 8.15. The number of nitrogens with one attached hydrogen (secondary N) is 1. The summed E-state index contributed by atoms with van der Waals surface area (Å²) in [5.74, 6) is 0. The highest BCUT2D eigenvalue weighted by molar-refractivity contribution is 6.30. The Morgan fingerprint density at radius 2 is 2.12 bits per heavy atom. The molecule has 0 bridgehead atoms. The van der Waals surface area contributed by atoms with Gasteiger partial charge in [-0.3, -0.25) is 0 Å². The van der Waals surface area contributed by atoms with Crippen LogP contribution in [0.5, 0.6) is 0 Å². The number of hydrogen-bond donors (Lipinski definition) is 2. The van der Waals surface area contributed by atoms with Gasteiger partial charge in [-0.25, -0.2) is 4.79 Å². The zero-order valence-electron chi connectivity index (χ0n) is 9.53. The Bertz CT molecular complexity index is 393. The minimum atomic E-state index is -0.451. The lowest BCUT2D eigenvalue weighted by atomic mass is 10.1. The van der Waals surface area contributed by atoms with E-state index in [1.807, 2.05) is 24.3 Å². The number of halogens is 1. The van der Waals surface area contributed by atoms with E-state index >= 15 is 0 Å². The molecule has 1 aromatic carbocycles. The number of rotatable bonds is 2. The minimum Gasteiger partial charge on any atom is -0.369 e. The molecule has 1 atom stereocenters. The third-order valence-corrected chi connectivity index (χ3v) is 3.21. The van der Waals surface area contributed by atoms with Gasteiger partial charge in [-0.1, -0.05) is 11.6 Å². The zero-order chi connectivity index (χ0) is 12.3. The van der Waals surface area contributed by atoms with Crippen molar-refractivity contribution in [3.8, 4) is 0 Å². The predicted octanol–water partition coefficient (Wildman–Crippen LogP) is 1.98. The molecule has 4 nitrogen and oxygen atoms in total. The second kappa shape index (κ2) is 5.27. The van der Waals surface area contributed by atoms with Crippen molar-refractivity contribution >= 4 is 23.3 Å². The molecule has 1 heterocycles. The van der Waals surface area contributed by atoms with Crippen LogP contribution in [-0.4, -0.2) is 25.2 Å². The number of piperidine rings is 1. The van der Waals surface area contributed by atoms with Crippen molar-refractivity contribution in [3.05, 3.63) is 29.3 Å². The average Bonchev–Trinajstić information content (AvgIpc) is 2.29. The molecule has 17 heavy (non-hydrogen) atoms. The van der Waals surface area contributed by atoms with Gasteiger partial charge in [-0.05, 0) is 37.1 Å². The smallest absolute Gasteiger partial charge is 0.312 e. The Kier molecular flexibility index (Phi) is 3.74. The molecule has 2 amide bonds. The first-order valence-electron chi connectivity index (χ1n) is 5.71. The Labute approximate surface area is 106 Å². The van der Waals surface area contributed by atoms with Gasteiger partial charge in [-0.15, -0.1) is 0 Å². The van der Waals surface area contributed by atoms with Crippen molar-refractivity contribution in [1.82, 2.24) is 5.32 Å². The molecule has 5 heteroatoms. The van der Waals surface area contributed by atoms with Crippen LogP contribution >= 0.6 is 11.6 Å². The van der Waals surface area contributed by atoms with Gasteiger partial charge >= 0.3 is 6.03 Å². The standard InChI is InChI=1S/C12H16ClN3O/c13-9-3-5-11(6-4-9)16-7-1-2-10(8-16)15-12(14)17/h3-6,10H,1-2,7-8H2,(H3,14,15,17). The number of anilines is 1. The lowest BCUT2D eigenvalue weighted by molar-refractivity contribution is 0.243. The molecule has 2 rings (SSSR count). The van der Waals surface area contributed by atoms with Crippen LogP contribution in [0.1, 0.15) is 12.8 Å². The number of amides is 2. The van der Waals surface area contributed by atoms with Crippen LogP contribution in [0.25, 0.3) is 0 Å². The first kappa shape index (κ1) is 12.0. The van der Waals surface area contributed by atoms with Gasteiger partial charge in [0.25, 0.3) is 0 Å². The lowest BCUT2D eigenvalue weighted by Crippen LogP contribution is -2.49. The van der Waals surface area contributed by atoms with E-state index in [1.165, 1.54) is 0 Å². The van der Waals surface area contributed by atoms with Gasteiger partial charge in [0.1, 0.15) is 0 Å². The Morgan fingerprint density at radius 1 is 1.41 bits per heavy atom. The van der Waals surface area contributed by atoms with Crippen molar-refractivity contribution in [1.29, 1.82) is 0 Å². The minimum absolute atomic E-state index is 0.136. The molecule has 92 valence electrons. The van der Waals surface area contributed by atoms with Gasteiger partial charge in [0.05, 0.1) is 0 Å². The summed E-state index contributed by atoms with van der Waals surface area (Å²) < 4.78 is 0. The maximum absolute atomic E-state index is 10.8. The highest BCUT2D eigenvalue weighted by atomic mass is 35.5. The number of carbonyl (C=O) groups is 1. The van der Waals surface area contributed by atoms with Crippen LogP contribution in [0, 0.1) is 0 Å². The van der Waals surface area contributed by atoms with Crippen LogP contribution in [-0.2, 0) is 0 Å². The van der Waals surface area contributed by atoms with Gasteiger partial charge in [0.15, 0.2) is 0 Å². The van der Waals surface area contributed by atoms with E-state index < -0.39 is 6.03 Å². The molecule has 1 unspecified atom stereocenters. The molecule has 1 aromatic rings. The van der Waals surface area contributed by atoms with E-state index in [0.717, 1.165) is 36.6 Å². The number of urea groups is 1. The third-order valence-electron chi connectivity index (χ3n) is 2.96. The fraction of sp³-hybridized carbons (Fsp3) is 0.417. The average molecular weight is 254 g/mol. The Hall–Kier alpha value is -1.42. The number of carbonyl (C=O) groups excluding carboxylic acids is 1. The summed E-state index contributed by atoms with van der Waals surface area (Å²) in [4.78, 5) is 13.1. The van der Waals surface area contributed by atoms with Crippen LogP contribution in [0.2, 0.25) is 5.02 Å². The summed E-state index contributed by atoms with van der Waals surface area (Å²) >= 11 is 5.86. The molecule has 0 saturated carbocycles. The largest absolute Gasteiger partial charge is 0.369 e. The fourth-order valence-corrected chi connectivity index (χ4v) is 2.31. The highest BCUT2D eigenvalue weighted by Gasteiger charge is 2.20. The summed E-state index contributed by atoms with van der Waals surface area (Å²) in [7, 11) is 0. The third kappa shape index (κ3) is 3.27. The maximum Gasteiger partial charge on any atom is 0.312 e. The molecule has 1 fully saturated rings. The monoisotopic (exact) mass is 253 g/mol. The van der Waals surface area contributed by atoms with Crippen LogP contribution < -0.4 is 16.0 Å². The Balaban J connectivity index is 2.01. The van der Waals surface area contributed by atoms with Gasteiger partial charge in [0.2, 0.25) is 0 Å². The first-order valence-corrected chi connectivity index (χ1v) is 6.09. The van der Waals surface area contributed by atoms with E-state index in [2.05, 4.69) is 10.2 Å². The van der Waals surface area contributed by atoms with Crippen molar-refractivity contribution in [2.24, 2.45) is 5.73 Å². The summed E-state index contributed by atoms with van der Waals surface area (Å²) in [5, 5.41) is 3.50. The van der Waals surface area contributed by atoms with Crippen LogP contribution in [0.4, 0.5) is 10.5 Å². The van der Waals surface area contributed by atoms with E-state index in [1.54, 1.807) is 0 Å². The van der Waals surface area contributed by atoms with Crippen LogP contribution in [0.15, 0.2) is 24.3 Å². The van der Waals surface area contributed by atoms with Crippen molar-refractivity contribution in [2.75, 3.05) is 18.0 Å². The van der Waals surface area contributed by atoms with Crippen molar-refractivity contribution in [3.63, 3.8) is 0 Å². The number of primary amides is 1. The number of hydrogen-bond acceptors (Lipinski definition) is 2. The van der Waals surface area contributed by atoms with Gasteiger partial charge in [0, 0.05) is 29.8 Å². The summed E-state index contributed by atoms with van der Waals surface area (Å²) in [5.41, 5.74) is 6.27. The van der Waals surface area contributed by atoms with E-state index in [-0.39, 0.29) is 6.04 Å². The lowest BCUT2D eigenvalue weighted by Gasteiger charge is -2.34. The molecule has 0 radical (unpaired) electrons. The van der Waals surface area contributed by atoms with Gasteiger partial charge in [-0.2, -0.15) is 0 Å². The molecule has 1 aliphatic heterocycles. The SMILES string of the molecule is NC(=O)NC1CCCN(c2ccc(Cl)cc2)C1.